The molecule has 1 saturated heterocycles. The van der Waals surface area contributed by atoms with Crippen molar-refractivity contribution in [1.82, 2.24) is 14.9 Å². The van der Waals surface area contributed by atoms with Crippen molar-refractivity contribution in [2.24, 2.45) is 0 Å². The molecule has 1 aliphatic heterocycles. The van der Waals surface area contributed by atoms with Crippen LogP contribution in [-0.2, 0) is 4.74 Å². The van der Waals surface area contributed by atoms with Crippen LogP contribution >= 0.6 is 0 Å². The fraction of sp³-hybridized carbons (Fsp3) is 0.688. The summed E-state index contributed by atoms with van der Waals surface area (Å²) in [6.07, 6.45) is 1.69. The number of amides is 1. The summed E-state index contributed by atoms with van der Waals surface area (Å²) in [5.41, 5.74) is 1.42. The Balaban J connectivity index is 1.97. The molecule has 1 N–H and O–H groups in total. The molecule has 1 aromatic rings. The molecule has 1 aromatic heterocycles. The van der Waals surface area contributed by atoms with Gasteiger partial charge in [0.1, 0.15) is 5.60 Å². The predicted octanol–water partition coefficient (Wildman–Crippen LogP) is 2.90. The first-order chi connectivity index (χ1) is 10.2. The number of hydrogen-bond donors (Lipinski definition) is 1. The largest absolute Gasteiger partial charge is 0.444 e. The van der Waals surface area contributed by atoms with Crippen LogP contribution in [0.5, 0.6) is 0 Å². The lowest BCUT2D eigenvalue weighted by Crippen LogP contribution is -2.47. The highest BCUT2D eigenvalue weighted by Crippen LogP contribution is 2.17. The van der Waals surface area contributed by atoms with Gasteiger partial charge in [-0.2, -0.15) is 0 Å². The average Bonchev–Trinajstić information content (AvgIpc) is 2.35. The van der Waals surface area contributed by atoms with Crippen molar-refractivity contribution in [3.63, 3.8) is 0 Å². The minimum atomic E-state index is -0.464. The van der Waals surface area contributed by atoms with Gasteiger partial charge in [0.15, 0.2) is 0 Å². The summed E-state index contributed by atoms with van der Waals surface area (Å²) >= 11 is 0. The third kappa shape index (κ3) is 4.86. The standard InChI is InChI=1S/C16H26N4O2/c1-11-9-12(2)18-14(17-11)19-13-7-6-8-20(10-13)15(21)22-16(3,4)5/h9,13H,6-8,10H2,1-5H3,(H,17,18,19)/t13-/m0/s1. The van der Waals surface area contributed by atoms with Gasteiger partial charge in [0, 0.05) is 30.5 Å². The smallest absolute Gasteiger partial charge is 0.410 e. The molecule has 1 atom stereocenters. The number of nitrogens with zero attached hydrogens (tertiary/aromatic N) is 3. The quantitative estimate of drug-likeness (QED) is 0.910. The van der Waals surface area contributed by atoms with Gasteiger partial charge in [-0.25, -0.2) is 14.8 Å². The van der Waals surface area contributed by atoms with Crippen molar-refractivity contribution < 1.29 is 9.53 Å². The molecule has 122 valence electrons. The van der Waals surface area contributed by atoms with E-state index in [1.54, 1.807) is 4.90 Å². The molecule has 6 heteroatoms. The van der Waals surface area contributed by atoms with Crippen LogP contribution in [0.4, 0.5) is 10.7 Å². The predicted molar refractivity (Wildman–Crippen MR) is 86.0 cm³/mol. The number of anilines is 1. The van der Waals surface area contributed by atoms with Crippen LogP contribution in [0.2, 0.25) is 0 Å². The molecule has 0 unspecified atom stereocenters. The maximum absolute atomic E-state index is 12.2. The molecular weight excluding hydrogens is 280 g/mol. The van der Waals surface area contributed by atoms with E-state index in [9.17, 15) is 4.79 Å². The third-order valence-electron chi connectivity index (χ3n) is 3.39. The third-order valence-corrected chi connectivity index (χ3v) is 3.39. The number of ether oxygens (including phenoxy) is 1. The highest BCUT2D eigenvalue weighted by Gasteiger charge is 2.27. The summed E-state index contributed by atoms with van der Waals surface area (Å²) in [6.45, 7) is 10.9. The number of aromatic nitrogens is 2. The summed E-state index contributed by atoms with van der Waals surface area (Å²) in [5, 5.41) is 3.34. The molecule has 0 aromatic carbocycles. The highest BCUT2D eigenvalue weighted by molar-refractivity contribution is 5.68. The maximum Gasteiger partial charge on any atom is 0.410 e. The Kier molecular flexibility index (Phi) is 4.88. The Morgan fingerprint density at radius 1 is 1.32 bits per heavy atom. The zero-order chi connectivity index (χ0) is 16.3. The Hall–Kier alpha value is -1.85. The molecule has 0 radical (unpaired) electrons. The molecule has 0 bridgehead atoms. The lowest BCUT2D eigenvalue weighted by atomic mass is 10.1. The zero-order valence-electron chi connectivity index (χ0n) is 14.1. The van der Waals surface area contributed by atoms with Crippen molar-refractivity contribution in [1.29, 1.82) is 0 Å². The molecule has 0 aliphatic carbocycles. The fourth-order valence-corrected chi connectivity index (χ4v) is 2.56. The van der Waals surface area contributed by atoms with Crippen molar-refractivity contribution in [2.45, 2.75) is 59.1 Å². The number of nitrogens with one attached hydrogen (secondary N) is 1. The summed E-state index contributed by atoms with van der Waals surface area (Å²) < 4.78 is 5.44. The van der Waals surface area contributed by atoms with Crippen LogP contribution < -0.4 is 5.32 Å². The van der Waals surface area contributed by atoms with Crippen LogP contribution in [0.25, 0.3) is 0 Å². The number of aryl methyl sites for hydroxylation is 2. The van der Waals surface area contributed by atoms with E-state index in [4.69, 9.17) is 4.74 Å². The lowest BCUT2D eigenvalue weighted by Gasteiger charge is -2.34. The Bertz CT molecular complexity index is 519. The van der Waals surface area contributed by atoms with Gasteiger partial charge in [-0.05, 0) is 53.5 Å². The molecule has 1 fully saturated rings. The van der Waals surface area contributed by atoms with E-state index in [0.29, 0.717) is 12.5 Å². The van der Waals surface area contributed by atoms with E-state index in [-0.39, 0.29) is 12.1 Å². The number of carbonyl (C=O) groups excluding carboxylic acids is 1. The highest BCUT2D eigenvalue weighted by atomic mass is 16.6. The Morgan fingerprint density at radius 3 is 2.55 bits per heavy atom. The summed E-state index contributed by atoms with van der Waals surface area (Å²) in [7, 11) is 0. The van der Waals surface area contributed by atoms with Gasteiger partial charge in [0.25, 0.3) is 0 Å². The fourth-order valence-electron chi connectivity index (χ4n) is 2.56. The second-order valence-electron chi connectivity index (χ2n) is 6.88. The summed E-state index contributed by atoms with van der Waals surface area (Å²) in [4.78, 5) is 22.7. The van der Waals surface area contributed by atoms with Gasteiger partial charge >= 0.3 is 6.09 Å². The van der Waals surface area contributed by atoms with E-state index in [1.165, 1.54) is 0 Å². The normalized spacial score (nSPS) is 19.0. The van der Waals surface area contributed by atoms with E-state index >= 15 is 0 Å². The first-order valence-electron chi connectivity index (χ1n) is 7.80. The van der Waals surface area contributed by atoms with Gasteiger partial charge in [-0.3, -0.25) is 0 Å². The van der Waals surface area contributed by atoms with E-state index in [2.05, 4.69) is 15.3 Å². The topological polar surface area (TPSA) is 67.4 Å². The van der Waals surface area contributed by atoms with Crippen LogP contribution in [0.1, 0.15) is 45.0 Å². The molecule has 0 saturated carbocycles. The average molecular weight is 306 g/mol. The van der Waals surface area contributed by atoms with E-state index in [0.717, 1.165) is 30.8 Å². The molecule has 22 heavy (non-hydrogen) atoms. The van der Waals surface area contributed by atoms with Gasteiger partial charge in [0.05, 0.1) is 0 Å². The molecule has 6 nitrogen and oxygen atoms in total. The van der Waals surface area contributed by atoms with E-state index < -0.39 is 5.60 Å². The SMILES string of the molecule is Cc1cc(C)nc(N[C@H]2CCCN(C(=O)OC(C)(C)C)C2)n1. The number of likely N-dealkylation sites (tertiary alicyclic amines) is 1. The Morgan fingerprint density at radius 2 is 1.95 bits per heavy atom. The van der Waals surface area contributed by atoms with Crippen LogP contribution in [0.3, 0.4) is 0 Å². The van der Waals surface area contributed by atoms with E-state index in [1.807, 2.05) is 40.7 Å². The molecule has 2 rings (SSSR count). The van der Waals surface area contributed by atoms with Crippen LogP contribution in [0.15, 0.2) is 6.07 Å². The van der Waals surface area contributed by atoms with Crippen LogP contribution in [-0.4, -0.2) is 45.7 Å². The van der Waals surface area contributed by atoms with Crippen molar-refractivity contribution in [3.05, 3.63) is 17.5 Å². The second-order valence-corrected chi connectivity index (χ2v) is 6.88. The molecule has 1 amide bonds. The van der Waals surface area contributed by atoms with Crippen molar-refractivity contribution in [3.8, 4) is 0 Å². The van der Waals surface area contributed by atoms with Crippen molar-refractivity contribution in [2.75, 3.05) is 18.4 Å². The maximum atomic E-state index is 12.2. The van der Waals surface area contributed by atoms with Crippen molar-refractivity contribution >= 4 is 12.0 Å². The minimum absolute atomic E-state index is 0.155. The molecule has 2 heterocycles. The van der Waals surface area contributed by atoms with Crippen LogP contribution in [0, 0.1) is 13.8 Å². The van der Waals surface area contributed by atoms with Gasteiger partial charge in [-0.15, -0.1) is 0 Å². The Labute approximate surface area is 132 Å². The zero-order valence-corrected chi connectivity index (χ0v) is 14.1. The number of rotatable bonds is 2. The number of hydrogen-bond acceptors (Lipinski definition) is 5. The first kappa shape index (κ1) is 16.5. The second kappa shape index (κ2) is 6.50. The monoisotopic (exact) mass is 306 g/mol. The summed E-state index contributed by atoms with van der Waals surface area (Å²) in [6, 6.07) is 2.10. The molecule has 1 aliphatic rings. The van der Waals surface area contributed by atoms with Gasteiger partial charge in [-0.1, -0.05) is 0 Å². The number of carbonyl (C=O) groups is 1. The summed E-state index contributed by atoms with van der Waals surface area (Å²) in [5.74, 6) is 0.633. The lowest BCUT2D eigenvalue weighted by molar-refractivity contribution is 0.0206. The molecule has 0 spiro atoms. The number of piperidine rings is 1. The molecular formula is C16H26N4O2. The van der Waals surface area contributed by atoms with Gasteiger partial charge < -0.3 is 15.0 Å². The first-order valence-corrected chi connectivity index (χ1v) is 7.80. The van der Waals surface area contributed by atoms with Gasteiger partial charge in [0.2, 0.25) is 5.95 Å². The minimum Gasteiger partial charge on any atom is -0.444 e.